The van der Waals surface area contributed by atoms with Crippen molar-refractivity contribution in [3.63, 3.8) is 0 Å². The van der Waals surface area contributed by atoms with Crippen LogP contribution in [0.15, 0.2) is 18.2 Å². The molecule has 0 aliphatic heterocycles. The summed E-state index contributed by atoms with van der Waals surface area (Å²) < 4.78 is 0. The summed E-state index contributed by atoms with van der Waals surface area (Å²) in [4.78, 5) is 11.2. The molecule has 0 saturated carbocycles. The lowest BCUT2D eigenvalue weighted by atomic mass is 9.83. The summed E-state index contributed by atoms with van der Waals surface area (Å²) in [7, 11) is 0. The van der Waals surface area contributed by atoms with Crippen molar-refractivity contribution in [3.05, 3.63) is 34.3 Å². The van der Waals surface area contributed by atoms with Crippen molar-refractivity contribution < 1.29 is 4.79 Å². The molecule has 76 valence electrons. The Morgan fingerprint density at radius 3 is 2.29 bits per heavy atom. The SMILES string of the molecule is CC(C)(C)c1cccc(Cl)c1C(N)=O. The number of carbonyl (C=O) groups excluding carboxylic acids is 1. The lowest BCUT2D eigenvalue weighted by molar-refractivity contribution is 0.0998. The van der Waals surface area contributed by atoms with Crippen molar-refractivity contribution in [1.82, 2.24) is 0 Å². The molecule has 0 atom stereocenters. The van der Waals surface area contributed by atoms with E-state index in [-0.39, 0.29) is 5.41 Å². The normalized spacial score (nSPS) is 11.4. The van der Waals surface area contributed by atoms with Crippen LogP contribution in [0.25, 0.3) is 0 Å². The van der Waals surface area contributed by atoms with Crippen LogP contribution in [-0.2, 0) is 5.41 Å². The third-order valence-corrected chi connectivity index (χ3v) is 2.38. The van der Waals surface area contributed by atoms with E-state index in [0.29, 0.717) is 10.6 Å². The van der Waals surface area contributed by atoms with Crippen LogP contribution in [0.1, 0.15) is 36.7 Å². The van der Waals surface area contributed by atoms with Crippen LogP contribution < -0.4 is 5.73 Å². The minimum absolute atomic E-state index is 0.130. The number of carbonyl (C=O) groups is 1. The number of nitrogens with two attached hydrogens (primary N) is 1. The van der Waals surface area contributed by atoms with Crippen LogP contribution in [0.5, 0.6) is 0 Å². The number of amides is 1. The zero-order valence-corrected chi connectivity index (χ0v) is 9.35. The Balaban J connectivity index is 3.44. The fourth-order valence-corrected chi connectivity index (χ4v) is 1.67. The molecule has 0 heterocycles. The topological polar surface area (TPSA) is 43.1 Å². The van der Waals surface area contributed by atoms with Gasteiger partial charge >= 0.3 is 0 Å². The van der Waals surface area contributed by atoms with E-state index in [1.165, 1.54) is 0 Å². The molecule has 0 bridgehead atoms. The Kier molecular flexibility index (Phi) is 2.86. The van der Waals surface area contributed by atoms with E-state index in [4.69, 9.17) is 17.3 Å². The number of hydrogen-bond donors (Lipinski definition) is 1. The van der Waals surface area contributed by atoms with Gasteiger partial charge in [-0.2, -0.15) is 0 Å². The summed E-state index contributed by atoms with van der Waals surface area (Å²) in [6.45, 7) is 6.06. The van der Waals surface area contributed by atoms with Crippen LogP contribution in [-0.4, -0.2) is 5.91 Å². The van der Waals surface area contributed by atoms with Gasteiger partial charge in [0.25, 0.3) is 5.91 Å². The summed E-state index contributed by atoms with van der Waals surface area (Å²) in [6, 6.07) is 5.39. The maximum absolute atomic E-state index is 11.2. The highest BCUT2D eigenvalue weighted by Gasteiger charge is 2.22. The molecule has 3 heteroatoms. The van der Waals surface area contributed by atoms with Gasteiger partial charge in [-0.1, -0.05) is 44.5 Å². The third-order valence-electron chi connectivity index (χ3n) is 2.07. The second kappa shape index (κ2) is 3.62. The van der Waals surface area contributed by atoms with Crippen LogP contribution in [0.2, 0.25) is 5.02 Å². The van der Waals surface area contributed by atoms with E-state index < -0.39 is 5.91 Å². The summed E-state index contributed by atoms with van der Waals surface area (Å²) >= 11 is 5.93. The smallest absolute Gasteiger partial charge is 0.250 e. The van der Waals surface area contributed by atoms with Gasteiger partial charge in [0.1, 0.15) is 0 Å². The molecule has 1 amide bonds. The second-order valence-corrected chi connectivity index (χ2v) is 4.68. The molecule has 2 N–H and O–H groups in total. The lowest BCUT2D eigenvalue weighted by Crippen LogP contribution is -2.21. The van der Waals surface area contributed by atoms with Crippen molar-refractivity contribution in [2.45, 2.75) is 26.2 Å². The largest absolute Gasteiger partial charge is 0.366 e. The number of benzene rings is 1. The van der Waals surface area contributed by atoms with Crippen LogP contribution in [0.4, 0.5) is 0 Å². The van der Waals surface area contributed by atoms with Gasteiger partial charge in [0.05, 0.1) is 10.6 Å². The van der Waals surface area contributed by atoms with Gasteiger partial charge in [0.2, 0.25) is 0 Å². The second-order valence-electron chi connectivity index (χ2n) is 4.28. The van der Waals surface area contributed by atoms with E-state index in [1.54, 1.807) is 6.07 Å². The molecule has 0 saturated heterocycles. The molecule has 0 aromatic heterocycles. The maximum atomic E-state index is 11.2. The Labute approximate surface area is 89.1 Å². The van der Waals surface area contributed by atoms with Gasteiger partial charge in [-0.3, -0.25) is 4.79 Å². The monoisotopic (exact) mass is 211 g/mol. The first kappa shape index (κ1) is 11.1. The minimum atomic E-state index is -0.472. The van der Waals surface area contributed by atoms with Crippen molar-refractivity contribution in [2.24, 2.45) is 5.73 Å². The Bertz CT molecular complexity index is 366. The van der Waals surface area contributed by atoms with Crippen LogP contribution in [0.3, 0.4) is 0 Å². The average molecular weight is 212 g/mol. The van der Waals surface area contributed by atoms with Gasteiger partial charge in [0, 0.05) is 0 Å². The van der Waals surface area contributed by atoms with Crippen LogP contribution >= 0.6 is 11.6 Å². The number of primary amides is 1. The predicted molar refractivity (Wildman–Crippen MR) is 58.7 cm³/mol. The fraction of sp³-hybridized carbons (Fsp3) is 0.364. The Hall–Kier alpha value is -1.02. The van der Waals surface area contributed by atoms with Crippen molar-refractivity contribution >= 4 is 17.5 Å². The van der Waals surface area contributed by atoms with E-state index >= 15 is 0 Å². The zero-order chi connectivity index (χ0) is 10.9. The molecule has 14 heavy (non-hydrogen) atoms. The zero-order valence-electron chi connectivity index (χ0n) is 8.60. The average Bonchev–Trinajstić information content (AvgIpc) is 2.01. The third kappa shape index (κ3) is 2.07. The van der Waals surface area contributed by atoms with Gasteiger partial charge < -0.3 is 5.73 Å². The molecule has 0 fully saturated rings. The van der Waals surface area contributed by atoms with Gasteiger partial charge in [0.15, 0.2) is 0 Å². The van der Waals surface area contributed by atoms with E-state index in [0.717, 1.165) is 5.56 Å². The molecule has 1 aromatic rings. The molecular formula is C11H14ClNO. The molecule has 0 aliphatic carbocycles. The van der Waals surface area contributed by atoms with Crippen molar-refractivity contribution in [1.29, 1.82) is 0 Å². The fourth-order valence-electron chi connectivity index (χ4n) is 1.40. The molecule has 0 radical (unpaired) electrons. The highest BCUT2D eigenvalue weighted by molar-refractivity contribution is 6.34. The quantitative estimate of drug-likeness (QED) is 0.763. The molecule has 0 aliphatic rings. The highest BCUT2D eigenvalue weighted by Crippen LogP contribution is 2.29. The van der Waals surface area contributed by atoms with Crippen molar-refractivity contribution in [3.8, 4) is 0 Å². The summed E-state index contributed by atoms with van der Waals surface area (Å²) in [5, 5.41) is 0.421. The van der Waals surface area contributed by atoms with Gasteiger partial charge in [-0.25, -0.2) is 0 Å². The summed E-state index contributed by atoms with van der Waals surface area (Å²) in [5.41, 5.74) is 6.48. The molecule has 1 aromatic carbocycles. The molecule has 1 rings (SSSR count). The summed E-state index contributed by atoms with van der Waals surface area (Å²) in [6.07, 6.45) is 0. The minimum Gasteiger partial charge on any atom is -0.366 e. The van der Waals surface area contributed by atoms with Gasteiger partial charge in [-0.15, -0.1) is 0 Å². The van der Waals surface area contributed by atoms with Crippen LogP contribution in [0, 0.1) is 0 Å². The highest BCUT2D eigenvalue weighted by atomic mass is 35.5. The van der Waals surface area contributed by atoms with E-state index in [2.05, 4.69) is 0 Å². The first-order valence-electron chi connectivity index (χ1n) is 4.43. The number of hydrogen-bond acceptors (Lipinski definition) is 1. The number of halogens is 1. The predicted octanol–water partition coefficient (Wildman–Crippen LogP) is 2.74. The van der Waals surface area contributed by atoms with E-state index in [9.17, 15) is 4.79 Å². The molecule has 2 nitrogen and oxygen atoms in total. The lowest BCUT2D eigenvalue weighted by Gasteiger charge is -2.22. The Morgan fingerprint density at radius 2 is 1.93 bits per heavy atom. The Morgan fingerprint density at radius 1 is 1.36 bits per heavy atom. The molecule has 0 unspecified atom stereocenters. The number of rotatable bonds is 1. The molecule has 0 spiro atoms. The van der Waals surface area contributed by atoms with Gasteiger partial charge in [-0.05, 0) is 17.0 Å². The molecular weight excluding hydrogens is 198 g/mol. The standard InChI is InChI=1S/C11H14ClNO/c1-11(2,3)7-5-4-6-8(12)9(7)10(13)14/h4-6H,1-3H3,(H2,13,14). The van der Waals surface area contributed by atoms with Crippen molar-refractivity contribution in [2.75, 3.05) is 0 Å². The first-order chi connectivity index (χ1) is 6.34. The van der Waals surface area contributed by atoms with E-state index in [1.807, 2.05) is 32.9 Å². The maximum Gasteiger partial charge on any atom is 0.250 e. The summed E-state index contributed by atoms with van der Waals surface area (Å²) in [5.74, 6) is -0.472. The first-order valence-corrected chi connectivity index (χ1v) is 4.80.